The van der Waals surface area contributed by atoms with Crippen LogP contribution in [0.4, 0.5) is 5.69 Å². The molecule has 23 heavy (non-hydrogen) atoms. The van der Waals surface area contributed by atoms with Crippen LogP contribution in [0.25, 0.3) is 0 Å². The van der Waals surface area contributed by atoms with Crippen molar-refractivity contribution in [3.05, 3.63) is 53.6 Å². The van der Waals surface area contributed by atoms with Gasteiger partial charge in [-0.2, -0.15) is 0 Å². The summed E-state index contributed by atoms with van der Waals surface area (Å²) in [5.74, 6) is 1.34. The van der Waals surface area contributed by atoms with Crippen LogP contribution < -0.4 is 20.1 Å². The third-order valence-electron chi connectivity index (χ3n) is 3.64. The Bertz CT molecular complexity index is 688. The van der Waals surface area contributed by atoms with Crippen molar-refractivity contribution in [3.63, 3.8) is 0 Å². The standard InChI is InChI=1S/C18H22N2O2S/c1-12-7-5-6-8-15(12)13(2)19-18(23)20-14-9-10-16(21-3)17(11-14)22-4/h5-11,13H,1-4H3,(H2,19,20,23)/t13-/m0/s1. The second-order valence-corrected chi connectivity index (χ2v) is 5.65. The smallest absolute Gasteiger partial charge is 0.171 e. The quantitative estimate of drug-likeness (QED) is 0.809. The Morgan fingerprint density at radius 1 is 1.04 bits per heavy atom. The van der Waals surface area contributed by atoms with Crippen LogP contribution >= 0.6 is 12.2 Å². The summed E-state index contributed by atoms with van der Waals surface area (Å²) < 4.78 is 10.5. The van der Waals surface area contributed by atoms with E-state index >= 15 is 0 Å². The Morgan fingerprint density at radius 2 is 1.74 bits per heavy atom. The van der Waals surface area contributed by atoms with Gasteiger partial charge in [-0.15, -0.1) is 0 Å². The molecule has 0 bridgehead atoms. The normalized spacial score (nSPS) is 11.5. The zero-order valence-corrected chi connectivity index (χ0v) is 14.7. The van der Waals surface area contributed by atoms with E-state index < -0.39 is 0 Å². The molecule has 0 spiro atoms. The maximum Gasteiger partial charge on any atom is 0.171 e. The Morgan fingerprint density at radius 3 is 2.39 bits per heavy atom. The van der Waals surface area contributed by atoms with E-state index in [1.807, 2.05) is 30.3 Å². The van der Waals surface area contributed by atoms with Crippen molar-refractivity contribution in [2.45, 2.75) is 19.9 Å². The molecule has 0 unspecified atom stereocenters. The number of hydrogen-bond acceptors (Lipinski definition) is 3. The average molecular weight is 330 g/mol. The molecule has 0 amide bonds. The molecule has 4 nitrogen and oxygen atoms in total. The van der Waals surface area contributed by atoms with Crippen molar-refractivity contribution in [2.75, 3.05) is 19.5 Å². The van der Waals surface area contributed by atoms with Gasteiger partial charge in [0.05, 0.1) is 20.3 Å². The number of thiocarbonyl (C=S) groups is 1. The fourth-order valence-electron chi connectivity index (χ4n) is 2.43. The Hall–Kier alpha value is -2.27. The van der Waals surface area contributed by atoms with Crippen molar-refractivity contribution >= 4 is 23.0 Å². The molecule has 0 aliphatic carbocycles. The number of aryl methyl sites for hydroxylation is 1. The van der Waals surface area contributed by atoms with E-state index in [1.54, 1.807) is 14.2 Å². The second kappa shape index (κ2) is 7.83. The monoisotopic (exact) mass is 330 g/mol. The number of rotatable bonds is 5. The highest BCUT2D eigenvalue weighted by molar-refractivity contribution is 7.80. The number of benzene rings is 2. The predicted molar refractivity (Wildman–Crippen MR) is 98.5 cm³/mol. The van der Waals surface area contributed by atoms with E-state index in [0.29, 0.717) is 16.6 Å². The first-order valence-electron chi connectivity index (χ1n) is 7.40. The molecule has 0 radical (unpaired) electrons. The van der Waals surface area contributed by atoms with Crippen LogP contribution in [0.3, 0.4) is 0 Å². The minimum absolute atomic E-state index is 0.122. The summed E-state index contributed by atoms with van der Waals surface area (Å²) in [6.07, 6.45) is 0. The summed E-state index contributed by atoms with van der Waals surface area (Å²) >= 11 is 5.40. The molecule has 0 aromatic heterocycles. The zero-order valence-electron chi connectivity index (χ0n) is 13.8. The molecule has 2 aromatic rings. The van der Waals surface area contributed by atoms with Crippen molar-refractivity contribution in [1.82, 2.24) is 5.32 Å². The van der Waals surface area contributed by atoms with Crippen LogP contribution in [0.2, 0.25) is 0 Å². The van der Waals surface area contributed by atoms with E-state index in [9.17, 15) is 0 Å². The van der Waals surface area contributed by atoms with Gasteiger partial charge >= 0.3 is 0 Å². The van der Waals surface area contributed by atoms with Crippen LogP contribution in [0.5, 0.6) is 11.5 Å². The first-order chi connectivity index (χ1) is 11.0. The molecule has 0 heterocycles. The lowest BCUT2D eigenvalue weighted by molar-refractivity contribution is 0.355. The summed E-state index contributed by atoms with van der Waals surface area (Å²) in [5, 5.41) is 7.04. The highest BCUT2D eigenvalue weighted by Gasteiger charge is 2.10. The molecule has 0 aliphatic heterocycles. The molecular weight excluding hydrogens is 308 g/mol. The SMILES string of the molecule is COc1ccc(NC(=S)N[C@@H](C)c2ccccc2C)cc1OC. The maximum absolute atomic E-state index is 5.40. The van der Waals surface area contributed by atoms with Gasteiger partial charge in [0.1, 0.15) is 0 Å². The van der Waals surface area contributed by atoms with Crippen LogP contribution in [0.1, 0.15) is 24.1 Å². The van der Waals surface area contributed by atoms with E-state index in [2.05, 4.69) is 36.6 Å². The van der Waals surface area contributed by atoms with Gasteiger partial charge in [-0.3, -0.25) is 0 Å². The minimum Gasteiger partial charge on any atom is -0.493 e. The Balaban J connectivity index is 2.03. The third kappa shape index (κ3) is 4.36. The molecular formula is C18H22N2O2S. The number of hydrogen-bond donors (Lipinski definition) is 2. The van der Waals surface area contributed by atoms with E-state index in [1.165, 1.54) is 11.1 Å². The lowest BCUT2D eigenvalue weighted by Gasteiger charge is -2.19. The second-order valence-electron chi connectivity index (χ2n) is 5.25. The predicted octanol–water partition coefficient (Wildman–Crippen LogP) is 4.06. The first-order valence-corrected chi connectivity index (χ1v) is 7.81. The Kier molecular flexibility index (Phi) is 5.82. The highest BCUT2D eigenvalue weighted by Crippen LogP contribution is 2.29. The fourth-order valence-corrected chi connectivity index (χ4v) is 2.72. The van der Waals surface area contributed by atoms with Gasteiger partial charge < -0.3 is 20.1 Å². The van der Waals surface area contributed by atoms with Crippen molar-refractivity contribution in [3.8, 4) is 11.5 Å². The number of ether oxygens (including phenoxy) is 2. The van der Waals surface area contributed by atoms with Crippen LogP contribution in [-0.2, 0) is 0 Å². The van der Waals surface area contributed by atoms with Gasteiger partial charge in [0.25, 0.3) is 0 Å². The molecule has 5 heteroatoms. The molecule has 0 aliphatic rings. The van der Waals surface area contributed by atoms with Crippen LogP contribution in [0.15, 0.2) is 42.5 Å². The van der Waals surface area contributed by atoms with Gasteiger partial charge in [-0.1, -0.05) is 24.3 Å². The van der Waals surface area contributed by atoms with Gasteiger partial charge in [0.15, 0.2) is 16.6 Å². The molecule has 2 aromatic carbocycles. The lowest BCUT2D eigenvalue weighted by Crippen LogP contribution is -2.31. The molecule has 2 N–H and O–H groups in total. The van der Waals surface area contributed by atoms with Crippen LogP contribution in [-0.4, -0.2) is 19.3 Å². The molecule has 1 atom stereocenters. The zero-order chi connectivity index (χ0) is 16.8. The van der Waals surface area contributed by atoms with Crippen molar-refractivity contribution in [1.29, 1.82) is 0 Å². The average Bonchev–Trinajstić information content (AvgIpc) is 2.54. The number of nitrogens with one attached hydrogen (secondary N) is 2. The fraction of sp³-hybridized carbons (Fsp3) is 0.278. The van der Waals surface area contributed by atoms with Crippen LogP contribution in [0, 0.1) is 6.92 Å². The minimum atomic E-state index is 0.122. The van der Waals surface area contributed by atoms with E-state index in [4.69, 9.17) is 21.7 Å². The van der Waals surface area contributed by atoms with Gasteiger partial charge in [-0.05, 0) is 49.3 Å². The van der Waals surface area contributed by atoms with Gasteiger partial charge in [-0.25, -0.2) is 0 Å². The summed E-state index contributed by atoms with van der Waals surface area (Å²) in [7, 11) is 3.22. The van der Waals surface area contributed by atoms with E-state index in [0.717, 1.165) is 5.69 Å². The van der Waals surface area contributed by atoms with Crippen molar-refractivity contribution < 1.29 is 9.47 Å². The summed E-state index contributed by atoms with van der Waals surface area (Å²) in [6.45, 7) is 4.18. The lowest BCUT2D eigenvalue weighted by atomic mass is 10.0. The molecule has 2 rings (SSSR count). The molecule has 0 saturated heterocycles. The number of methoxy groups -OCH3 is 2. The summed E-state index contributed by atoms with van der Waals surface area (Å²) in [5.41, 5.74) is 3.31. The van der Waals surface area contributed by atoms with Gasteiger partial charge in [0, 0.05) is 11.8 Å². The third-order valence-corrected chi connectivity index (χ3v) is 3.86. The number of anilines is 1. The largest absolute Gasteiger partial charge is 0.493 e. The topological polar surface area (TPSA) is 42.5 Å². The molecule has 0 saturated carbocycles. The van der Waals surface area contributed by atoms with Gasteiger partial charge in [0.2, 0.25) is 0 Å². The Labute approximate surface area is 142 Å². The molecule has 0 fully saturated rings. The first kappa shape index (κ1) is 17.1. The maximum atomic E-state index is 5.40. The summed E-state index contributed by atoms with van der Waals surface area (Å²) in [4.78, 5) is 0. The summed E-state index contributed by atoms with van der Waals surface area (Å²) in [6, 6.07) is 14.0. The van der Waals surface area contributed by atoms with Crippen molar-refractivity contribution in [2.24, 2.45) is 0 Å². The highest BCUT2D eigenvalue weighted by atomic mass is 32.1. The van der Waals surface area contributed by atoms with E-state index in [-0.39, 0.29) is 6.04 Å². The molecule has 122 valence electrons.